The van der Waals surface area contributed by atoms with Crippen molar-refractivity contribution in [2.45, 2.75) is 26.3 Å². The Morgan fingerprint density at radius 1 is 0.789 bits per heavy atom. The van der Waals surface area contributed by atoms with Crippen molar-refractivity contribution in [1.82, 2.24) is 9.80 Å². The number of para-hydroxylation sites is 1. The minimum absolute atomic E-state index is 0.0617. The zero-order valence-electron chi connectivity index (χ0n) is 22.5. The first-order valence-electron chi connectivity index (χ1n) is 13.8. The molecule has 0 aromatic heterocycles. The van der Waals surface area contributed by atoms with Crippen molar-refractivity contribution >= 4 is 17.3 Å². The molecule has 6 nitrogen and oxygen atoms in total. The Morgan fingerprint density at radius 3 is 2.03 bits per heavy atom. The zero-order valence-corrected chi connectivity index (χ0v) is 22.5. The highest BCUT2D eigenvalue weighted by Gasteiger charge is 2.34. The van der Waals surface area contributed by atoms with E-state index in [9.17, 15) is 4.79 Å². The van der Waals surface area contributed by atoms with Crippen molar-refractivity contribution in [2.75, 3.05) is 50.8 Å². The molecule has 1 amide bonds. The molecule has 0 N–H and O–H groups in total. The second-order valence-corrected chi connectivity index (χ2v) is 10.6. The summed E-state index contributed by atoms with van der Waals surface area (Å²) in [6, 6.07) is 29.8. The lowest BCUT2D eigenvalue weighted by atomic mass is 9.96. The Labute approximate surface area is 226 Å². The Hall–Kier alpha value is -3.48. The number of benzene rings is 3. The van der Waals surface area contributed by atoms with Crippen LogP contribution in [0.3, 0.4) is 0 Å². The Kier molecular flexibility index (Phi) is 8.51. The van der Waals surface area contributed by atoms with Gasteiger partial charge < -0.3 is 14.6 Å². The highest BCUT2D eigenvalue weighted by atomic mass is 16.6. The number of amides is 1. The van der Waals surface area contributed by atoms with Crippen LogP contribution in [0.2, 0.25) is 0 Å². The number of piperazine rings is 1. The SMILES string of the molecule is CC(C)CON=C1C(=O)N(CCCN2CCN(C(c3ccccc3)c3ccccc3)CC2)c2ccccc21. The van der Waals surface area contributed by atoms with Gasteiger partial charge in [-0.1, -0.05) is 97.9 Å². The minimum atomic E-state index is -0.0617. The first kappa shape index (κ1) is 26.1. The average molecular weight is 511 g/mol. The fourth-order valence-corrected chi connectivity index (χ4v) is 5.41. The maximum atomic E-state index is 13.2. The smallest absolute Gasteiger partial charge is 0.281 e. The zero-order chi connectivity index (χ0) is 26.3. The van der Waals surface area contributed by atoms with Crippen molar-refractivity contribution in [2.24, 2.45) is 11.1 Å². The van der Waals surface area contributed by atoms with Gasteiger partial charge in [0.05, 0.1) is 11.7 Å². The van der Waals surface area contributed by atoms with Crippen molar-refractivity contribution in [3.05, 3.63) is 102 Å². The second kappa shape index (κ2) is 12.4. The predicted molar refractivity (Wildman–Crippen MR) is 153 cm³/mol. The summed E-state index contributed by atoms with van der Waals surface area (Å²) in [5, 5.41) is 4.22. The highest BCUT2D eigenvalue weighted by Crippen LogP contribution is 2.31. The fourth-order valence-electron chi connectivity index (χ4n) is 5.41. The molecule has 2 aliphatic heterocycles. The molecule has 0 bridgehead atoms. The number of carbonyl (C=O) groups is 1. The van der Waals surface area contributed by atoms with Crippen LogP contribution in [0.15, 0.2) is 90.1 Å². The molecule has 5 rings (SSSR count). The van der Waals surface area contributed by atoms with Crippen LogP contribution < -0.4 is 4.90 Å². The van der Waals surface area contributed by atoms with Gasteiger partial charge in [-0.2, -0.15) is 0 Å². The predicted octanol–water partition coefficient (Wildman–Crippen LogP) is 5.21. The molecule has 0 aliphatic carbocycles. The van der Waals surface area contributed by atoms with E-state index in [2.05, 4.69) is 89.5 Å². The van der Waals surface area contributed by atoms with Crippen LogP contribution in [0, 0.1) is 5.92 Å². The number of rotatable bonds is 10. The normalized spacial score (nSPS) is 17.5. The standard InChI is InChI=1S/C32H38N4O2/c1-25(2)24-38-33-30-28-16-9-10-17-29(28)36(32(30)37)19-11-18-34-20-22-35(23-21-34)31(26-12-5-3-6-13-26)27-14-7-4-8-15-27/h3-10,12-17,25,31H,11,18-24H2,1-2H3. The number of hydrogen-bond donors (Lipinski definition) is 0. The van der Waals surface area contributed by atoms with E-state index in [1.54, 1.807) is 0 Å². The third-order valence-electron chi connectivity index (χ3n) is 7.32. The van der Waals surface area contributed by atoms with Gasteiger partial charge >= 0.3 is 0 Å². The first-order chi connectivity index (χ1) is 18.6. The van der Waals surface area contributed by atoms with Gasteiger partial charge in [0.15, 0.2) is 5.71 Å². The average Bonchev–Trinajstić information content (AvgIpc) is 3.21. The van der Waals surface area contributed by atoms with Gasteiger partial charge in [0.2, 0.25) is 0 Å². The van der Waals surface area contributed by atoms with Crippen molar-refractivity contribution in [1.29, 1.82) is 0 Å². The molecule has 38 heavy (non-hydrogen) atoms. The molecule has 0 atom stereocenters. The maximum Gasteiger partial charge on any atom is 0.281 e. The van der Waals surface area contributed by atoms with Crippen LogP contribution in [0.4, 0.5) is 5.69 Å². The topological polar surface area (TPSA) is 48.4 Å². The van der Waals surface area contributed by atoms with Gasteiger partial charge in [0, 0.05) is 38.3 Å². The summed E-state index contributed by atoms with van der Waals surface area (Å²) in [7, 11) is 0. The first-order valence-corrected chi connectivity index (χ1v) is 13.8. The van der Waals surface area contributed by atoms with Gasteiger partial charge in [-0.15, -0.1) is 0 Å². The fraction of sp³-hybridized carbons (Fsp3) is 0.375. The number of carbonyl (C=O) groups excluding carboxylic acids is 1. The Morgan fingerprint density at radius 2 is 1.39 bits per heavy atom. The summed E-state index contributed by atoms with van der Waals surface area (Å²) in [6.07, 6.45) is 0.918. The molecule has 3 aromatic rings. The molecule has 6 heteroatoms. The lowest BCUT2D eigenvalue weighted by Gasteiger charge is -2.40. The largest absolute Gasteiger partial charge is 0.395 e. The summed E-state index contributed by atoms with van der Waals surface area (Å²) >= 11 is 0. The van der Waals surface area contributed by atoms with Crippen LogP contribution in [0.5, 0.6) is 0 Å². The van der Waals surface area contributed by atoms with Crippen molar-refractivity contribution in [3.63, 3.8) is 0 Å². The molecular weight excluding hydrogens is 472 g/mol. The van der Waals surface area contributed by atoms with E-state index >= 15 is 0 Å². The molecule has 0 spiro atoms. The summed E-state index contributed by atoms with van der Waals surface area (Å²) in [6.45, 7) is 10.4. The van der Waals surface area contributed by atoms with Crippen LogP contribution in [0.25, 0.3) is 0 Å². The molecule has 198 valence electrons. The van der Waals surface area contributed by atoms with Crippen LogP contribution in [0.1, 0.15) is 43.0 Å². The van der Waals surface area contributed by atoms with E-state index in [1.807, 2.05) is 29.2 Å². The van der Waals surface area contributed by atoms with Gasteiger partial charge in [0.25, 0.3) is 5.91 Å². The third-order valence-corrected chi connectivity index (χ3v) is 7.32. The molecule has 0 unspecified atom stereocenters. The quantitative estimate of drug-likeness (QED) is 0.352. The van der Waals surface area contributed by atoms with Crippen molar-refractivity contribution in [3.8, 4) is 0 Å². The monoisotopic (exact) mass is 510 g/mol. The number of nitrogens with zero attached hydrogens (tertiary/aromatic N) is 4. The molecule has 0 radical (unpaired) electrons. The molecule has 2 aliphatic rings. The molecule has 3 aromatic carbocycles. The van der Waals surface area contributed by atoms with Crippen LogP contribution >= 0.6 is 0 Å². The van der Waals surface area contributed by atoms with Crippen LogP contribution in [-0.2, 0) is 9.63 Å². The number of fused-ring (bicyclic) bond motifs is 1. The highest BCUT2D eigenvalue weighted by molar-refractivity contribution is 6.54. The molecule has 0 saturated carbocycles. The Bertz CT molecular complexity index is 1180. The molecule has 1 saturated heterocycles. The van der Waals surface area contributed by atoms with E-state index in [1.165, 1.54) is 11.1 Å². The number of oxime groups is 1. The van der Waals surface area contributed by atoms with Gasteiger partial charge in [-0.25, -0.2) is 0 Å². The Balaban J connectivity index is 1.17. The minimum Gasteiger partial charge on any atom is -0.395 e. The van der Waals surface area contributed by atoms with Crippen molar-refractivity contribution < 1.29 is 9.63 Å². The number of hydrogen-bond acceptors (Lipinski definition) is 5. The van der Waals surface area contributed by atoms with Gasteiger partial charge in [-0.05, 0) is 36.1 Å². The summed E-state index contributed by atoms with van der Waals surface area (Å²) in [5.74, 6) is 0.298. The summed E-state index contributed by atoms with van der Waals surface area (Å²) in [4.78, 5) is 25.7. The molecular formula is C32H38N4O2. The molecule has 1 fully saturated rings. The number of anilines is 1. The molecule has 2 heterocycles. The second-order valence-electron chi connectivity index (χ2n) is 10.6. The van der Waals surface area contributed by atoms with Gasteiger partial charge in [0.1, 0.15) is 6.61 Å². The summed E-state index contributed by atoms with van der Waals surface area (Å²) < 4.78 is 0. The summed E-state index contributed by atoms with van der Waals surface area (Å²) in [5.41, 5.74) is 4.90. The maximum absolute atomic E-state index is 13.2. The van der Waals surface area contributed by atoms with Gasteiger partial charge in [-0.3, -0.25) is 9.69 Å². The van der Waals surface area contributed by atoms with E-state index in [4.69, 9.17) is 4.84 Å². The lowest BCUT2D eigenvalue weighted by Crippen LogP contribution is -2.48. The van der Waals surface area contributed by atoms with E-state index in [-0.39, 0.29) is 11.9 Å². The van der Waals surface area contributed by atoms with E-state index in [0.29, 0.717) is 24.8 Å². The van der Waals surface area contributed by atoms with E-state index < -0.39 is 0 Å². The lowest BCUT2D eigenvalue weighted by molar-refractivity contribution is -0.112. The van der Waals surface area contributed by atoms with E-state index in [0.717, 1.165) is 50.4 Å². The third kappa shape index (κ3) is 5.98. The van der Waals surface area contributed by atoms with Crippen LogP contribution in [-0.4, -0.2) is 67.3 Å².